The minimum absolute atomic E-state index is 0.0168. The quantitative estimate of drug-likeness (QED) is 0.920. The van der Waals surface area contributed by atoms with E-state index >= 15 is 0 Å². The van der Waals surface area contributed by atoms with Crippen LogP contribution >= 0.6 is 27.5 Å². The van der Waals surface area contributed by atoms with E-state index in [1.54, 1.807) is 4.68 Å². The number of aromatic amines is 1. The highest BCUT2D eigenvalue weighted by Gasteiger charge is 2.29. The lowest BCUT2D eigenvalue weighted by atomic mass is 10.2. The molecular weight excluding hydrogens is 316 g/mol. The zero-order chi connectivity index (χ0) is 12.7. The molecule has 0 atom stereocenters. The lowest BCUT2D eigenvalue weighted by molar-refractivity contribution is 0.651. The van der Waals surface area contributed by atoms with E-state index in [1.807, 2.05) is 24.3 Å². The van der Waals surface area contributed by atoms with Crippen molar-refractivity contribution < 1.29 is 0 Å². The molecule has 0 aliphatic heterocycles. The van der Waals surface area contributed by atoms with E-state index in [1.165, 1.54) is 0 Å². The van der Waals surface area contributed by atoms with Crippen molar-refractivity contribution in [2.24, 2.45) is 0 Å². The fourth-order valence-electron chi connectivity index (χ4n) is 2.03. The smallest absolute Gasteiger partial charge is 0.281 e. The van der Waals surface area contributed by atoms with E-state index in [0.717, 1.165) is 24.1 Å². The maximum atomic E-state index is 12.1. The van der Waals surface area contributed by atoms with Crippen molar-refractivity contribution in [1.82, 2.24) is 9.78 Å². The Kier molecular flexibility index (Phi) is 3.08. The lowest BCUT2D eigenvalue weighted by Gasteiger charge is -2.04. The summed E-state index contributed by atoms with van der Waals surface area (Å²) >= 11 is 9.48. The number of hydrogen-bond acceptors (Lipinski definition) is 1. The molecule has 18 heavy (non-hydrogen) atoms. The van der Waals surface area contributed by atoms with Crippen molar-refractivity contribution >= 4 is 27.5 Å². The first-order valence-electron chi connectivity index (χ1n) is 5.88. The molecule has 0 spiro atoms. The molecule has 1 saturated carbocycles. The summed E-state index contributed by atoms with van der Waals surface area (Å²) in [5.41, 5.74) is 1.95. The third kappa shape index (κ3) is 2.15. The number of nitrogens with zero attached hydrogens (tertiary/aromatic N) is 1. The Hall–Kier alpha value is -1.00. The first-order chi connectivity index (χ1) is 8.66. The van der Waals surface area contributed by atoms with E-state index in [9.17, 15) is 4.79 Å². The second-order valence-corrected chi connectivity index (χ2v) is 5.80. The first-order valence-corrected chi connectivity index (χ1v) is 7.05. The van der Waals surface area contributed by atoms with Gasteiger partial charge in [-0.25, -0.2) is 4.68 Å². The van der Waals surface area contributed by atoms with Crippen molar-refractivity contribution in [1.29, 1.82) is 0 Å². The van der Waals surface area contributed by atoms with E-state index in [0.29, 0.717) is 22.0 Å². The van der Waals surface area contributed by atoms with E-state index in [2.05, 4.69) is 21.0 Å². The fourth-order valence-corrected chi connectivity index (χ4v) is 2.85. The molecule has 0 saturated heterocycles. The van der Waals surface area contributed by atoms with Crippen LogP contribution in [0.5, 0.6) is 0 Å². The average molecular weight is 328 g/mol. The number of aromatic nitrogens is 2. The van der Waals surface area contributed by atoms with Gasteiger partial charge >= 0.3 is 0 Å². The first kappa shape index (κ1) is 12.1. The molecular formula is C13H12BrClN2O. The minimum Gasteiger partial charge on any atom is -0.298 e. The molecule has 5 heteroatoms. The van der Waals surface area contributed by atoms with Crippen molar-refractivity contribution in [3.63, 3.8) is 0 Å². The van der Waals surface area contributed by atoms with Gasteiger partial charge in [0.1, 0.15) is 4.47 Å². The van der Waals surface area contributed by atoms with Gasteiger partial charge in [0.25, 0.3) is 5.56 Å². The molecule has 1 aromatic carbocycles. The summed E-state index contributed by atoms with van der Waals surface area (Å²) in [5, 5.41) is 3.87. The van der Waals surface area contributed by atoms with Gasteiger partial charge in [-0.05, 0) is 40.4 Å². The van der Waals surface area contributed by atoms with E-state index in [-0.39, 0.29) is 5.56 Å². The largest absolute Gasteiger partial charge is 0.298 e. The number of nitrogens with one attached hydrogen (secondary N) is 1. The predicted octanol–water partition coefficient (Wildman–Crippen LogP) is 3.52. The van der Waals surface area contributed by atoms with Crippen LogP contribution in [0.4, 0.5) is 0 Å². The Morgan fingerprint density at radius 1 is 1.39 bits per heavy atom. The van der Waals surface area contributed by atoms with Crippen LogP contribution in [-0.4, -0.2) is 9.78 Å². The zero-order valence-corrected chi connectivity index (χ0v) is 12.0. The van der Waals surface area contributed by atoms with Crippen molar-refractivity contribution in [3.05, 3.63) is 55.4 Å². The van der Waals surface area contributed by atoms with Gasteiger partial charge in [0.2, 0.25) is 0 Å². The zero-order valence-electron chi connectivity index (χ0n) is 9.62. The normalized spacial score (nSPS) is 15.0. The maximum absolute atomic E-state index is 12.1. The molecule has 0 amide bonds. The molecule has 3 nitrogen and oxygen atoms in total. The van der Waals surface area contributed by atoms with Crippen molar-refractivity contribution in [2.75, 3.05) is 0 Å². The average Bonchev–Trinajstić information content (AvgIpc) is 3.15. The van der Waals surface area contributed by atoms with Crippen molar-refractivity contribution in [2.45, 2.75) is 25.3 Å². The molecule has 1 fully saturated rings. The highest BCUT2D eigenvalue weighted by Crippen LogP contribution is 2.41. The second kappa shape index (κ2) is 4.59. The Labute approximate surface area is 118 Å². The van der Waals surface area contributed by atoms with Gasteiger partial charge in [-0.2, -0.15) is 0 Å². The monoisotopic (exact) mass is 326 g/mol. The summed E-state index contributed by atoms with van der Waals surface area (Å²) in [6.07, 6.45) is 2.31. The van der Waals surface area contributed by atoms with Gasteiger partial charge in [0, 0.05) is 10.9 Å². The van der Waals surface area contributed by atoms with Gasteiger partial charge in [-0.1, -0.05) is 29.8 Å². The number of H-pyrrole nitrogens is 1. The number of rotatable bonds is 3. The SMILES string of the molecule is O=c1c(Br)c(C2CC2)[nH]n1Cc1ccccc1Cl. The maximum Gasteiger partial charge on any atom is 0.281 e. The third-order valence-electron chi connectivity index (χ3n) is 3.20. The van der Waals surface area contributed by atoms with Crippen LogP contribution in [0.1, 0.15) is 30.0 Å². The summed E-state index contributed by atoms with van der Waals surface area (Å²) in [6, 6.07) is 7.57. The van der Waals surface area contributed by atoms with Crippen LogP contribution in [0.3, 0.4) is 0 Å². The summed E-state index contributed by atoms with van der Waals surface area (Å²) < 4.78 is 2.27. The fraction of sp³-hybridized carbons (Fsp3) is 0.308. The molecule has 0 unspecified atom stereocenters. The van der Waals surface area contributed by atoms with E-state index in [4.69, 9.17) is 11.6 Å². The Morgan fingerprint density at radius 2 is 2.11 bits per heavy atom. The molecule has 1 N–H and O–H groups in total. The topological polar surface area (TPSA) is 37.8 Å². The van der Waals surface area contributed by atoms with Crippen LogP contribution in [0.25, 0.3) is 0 Å². The van der Waals surface area contributed by atoms with Gasteiger partial charge < -0.3 is 0 Å². The van der Waals surface area contributed by atoms with Gasteiger partial charge in [0.15, 0.2) is 0 Å². The summed E-state index contributed by atoms with van der Waals surface area (Å²) in [6.45, 7) is 0.476. The number of halogens is 2. The number of benzene rings is 1. The van der Waals surface area contributed by atoms with E-state index < -0.39 is 0 Å². The lowest BCUT2D eigenvalue weighted by Crippen LogP contribution is -2.17. The highest BCUT2D eigenvalue weighted by atomic mass is 79.9. The molecule has 2 aromatic rings. The standard InChI is InChI=1S/C13H12BrClN2O/c14-11-12(8-5-6-8)16-17(13(11)18)7-9-3-1-2-4-10(9)15/h1-4,8,16H,5-7H2. The predicted molar refractivity (Wildman–Crippen MR) is 75.3 cm³/mol. The molecule has 0 radical (unpaired) electrons. The summed E-state index contributed by atoms with van der Waals surface area (Å²) in [4.78, 5) is 12.1. The number of hydrogen-bond donors (Lipinski definition) is 1. The van der Waals surface area contributed by atoms with Crippen LogP contribution in [-0.2, 0) is 6.54 Å². The molecule has 94 valence electrons. The molecule has 1 aliphatic rings. The summed E-state index contributed by atoms with van der Waals surface area (Å²) in [7, 11) is 0. The molecule has 3 rings (SSSR count). The van der Waals surface area contributed by atoms with Crippen LogP contribution in [0, 0.1) is 0 Å². The molecule has 0 bridgehead atoms. The molecule has 1 aliphatic carbocycles. The Morgan fingerprint density at radius 3 is 2.78 bits per heavy atom. The van der Waals surface area contributed by atoms with Gasteiger partial charge in [0.05, 0.1) is 12.2 Å². The van der Waals surface area contributed by atoms with Gasteiger partial charge in [-0.3, -0.25) is 9.89 Å². The summed E-state index contributed by atoms with van der Waals surface area (Å²) in [5.74, 6) is 0.513. The highest BCUT2D eigenvalue weighted by molar-refractivity contribution is 9.10. The molecule has 1 heterocycles. The van der Waals surface area contributed by atoms with Crippen molar-refractivity contribution in [3.8, 4) is 0 Å². The Balaban J connectivity index is 1.96. The Bertz CT molecular complexity index is 643. The van der Waals surface area contributed by atoms with Crippen LogP contribution in [0.2, 0.25) is 5.02 Å². The van der Waals surface area contributed by atoms with Gasteiger partial charge in [-0.15, -0.1) is 0 Å². The third-order valence-corrected chi connectivity index (χ3v) is 4.33. The minimum atomic E-state index is -0.0168. The molecule has 1 aromatic heterocycles. The van der Waals surface area contributed by atoms with Crippen LogP contribution in [0.15, 0.2) is 33.5 Å². The second-order valence-electron chi connectivity index (χ2n) is 4.60. The van der Waals surface area contributed by atoms with Crippen LogP contribution < -0.4 is 5.56 Å².